The van der Waals surface area contributed by atoms with E-state index in [1.807, 2.05) is 18.3 Å². The Kier molecular flexibility index (Phi) is 6.68. The summed E-state index contributed by atoms with van der Waals surface area (Å²) in [6.45, 7) is 5.47. The average molecular weight is 440 g/mol. The molecule has 0 spiro atoms. The topological polar surface area (TPSA) is 89.1 Å². The number of rotatable bonds is 4. The second-order valence-electron chi connectivity index (χ2n) is 6.93. The summed E-state index contributed by atoms with van der Waals surface area (Å²) in [6, 6.07) is 6.94. The Morgan fingerprint density at radius 2 is 1.87 bits per heavy atom. The van der Waals surface area contributed by atoms with Crippen molar-refractivity contribution in [3.63, 3.8) is 0 Å². The third-order valence-corrected chi connectivity index (χ3v) is 4.83. The van der Waals surface area contributed by atoms with Crippen LogP contribution in [0.3, 0.4) is 0 Å². The Balaban J connectivity index is 0.000000339. The molecule has 1 aromatic carbocycles. The average Bonchev–Trinajstić information content (AvgIpc) is 3.36. The fraction of sp³-hybridized carbons (Fsp3) is 0.368. The van der Waals surface area contributed by atoms with E-state index in [1.54, 1.807) is 17.3 Å². The lowest BCUT2D eigenvalue weighted by molar-refractivity contribution is -0.192. The van der Waals surface area contributed by atoms with E-state index in [1.165, 1.54) is 12.1 Å². The lowest BCUT2D eigenvalue weighted by Gasteiger charge is -2.34. The molecule has 0 radical (unpaired) electrons. The first-order valence-corrected chi connectivity index (χ1v) is 9.30. The Morgan fingerprint density at radius 1 is 1.19 bits per heavy atom. The minimum Gasteiger partial charge on any atom is -0.475 e. The van der Waals surface area contributed by atoms with Crippen molar-refractivity contribution in [2.45, 2.75) is 38.8 Å². The van der Waals surface area contributed by atoms with Gasteiger partial charge < -0.3 is 9.67 Å². The highest BCUT2D eigenvalue weighted by molar-refractivity contribution is 5.73. The monoisotopic (exact) mass is 440 g/mol. The van der Waals surface area contributed by atoms with Crippen molar-refractivity contribution in [2.24, 2.45) is 0 Å². The van der Waals surface area contributed by atoms with Crippen molar-refractivity contribution >= 4 is 5.97 Å². The molecule has 31 heavy (non-hydrogen) atoms. The van der Waals surface area contributed by atoms with Crippen LogP contribution in [0.25, 0.3) is 0 Å². The zero-order valence-electron chi connectivity index (χ0n) is 16.5. The van der Waals surface area contributed by atoms with Crippen LogP contribution in [0, 0.1) is 5.82 Å². The van der Waals surface area contributed by atoms with Gasteiger partial charge in [-0.3, -0.25) is 4.90 Å². The fourth-order valence-electron chi connectivity index (χ4n) is 3.25. The highest BCUT2D eigenvalue weighted by atomic mass is 19.4. The van der Waals surface area contributed by atoms with E-state index in [0.717, 1.165) is 36.7 Å². The Hall–Kier alpha value is -3.28. The lowest BCUT2D eigenvalue weighted by Crippen LogP contribution is -2.37. The second kappa shape index (κ2) is 9.25. The van der Waals surface area contributed by atoms with Gasteiger partial charge in [-0.15, -0.1) is 0 Å². The molecule has 1 atom stereocenters. The van der Waals surface area contributed by atoms with E-state index in [9.17, 15) is 17.6 Å². The number of carboxylic acids is 1. The summed E-state index contributed by atoms with van der Waals surface area (Å²) >= 11 is 0. The Bertz CT molecular complexity index is 1000. The molecule has 1 N–H and O–H groups in total. The molecular weight excluding hydrogens is 420 g/mol. The maximum absolute atomic E-state index is 13.1. The van der Waals surface area contributed by atoms with E-state index >= 15 is 0 Å². The van der Waals surface area contributed by atoms with Crippen LogP contribution in [0.2, 0.25) is 0 Å². The minimum atomic E-state index is -5.08. The van der Waals surface area contributed by atoms with Gasteiger partial charge >= 0.3 is 12.1 Å². The number of benzene rings is 1. The summed E-state index contributed by atoms with van der Waals surface area (Å²) in [5, 5.41) is 11.3. The number of nitrogens with zero attached hydrogens (tertiary/aromatic N) is 6. The summed E-state index contributed by atoms with van der Waals surface area (Å²) in [7, 11) is 0. The van der Waals surface area contributed by atoms with Crippen LogP contribution in [-0.2, 0) is 24.4 Å². The SMILES string of the molecule is CC1c2ncc(Cn3cncn3)n2CCN1Cc1ccc(F)cc1.O=C(O)C(F)(F)F. The number of carboxylic acid groups (broad SMARTS) is 1. The molecule has 166 valence electrons. The number of fused-ring (bicyclic) bond motifs is 1. The van der Waals surface area contributed by atoms with Crippen molar-refractivity contribution in [1.82, 2.24) is 29.2 Å². The van der Waals surface area contributed by atoms with E-state index in [-0.39, 0.29) is 11.9 Å². The molecule has 3 heterocycles. The van der Waals surface area contributed by atoms with E-state index in [4.69, 9.17) is 9.90 Å². The molecule has 0 saturated heterocycles. The van der Waals surface area contributed by atoms with Gasteiger partial charge in [-0.1, -0.05) is 12.1 Å². The van der Waals surface area contributed by atoms with E-state index < -0.39 is 12.1 Å². The van der Waals surface area contributed by atoms with Crippen LogP contribution in [-0.4, -0.2) is 53.0 Å². The number of carbonyl (C=O) groups is 1. The van der Waals surface area contributed by atoms with Crippen LogP contribution in [0.4, 0.5) is 17.6 Å². The van der Waals surface area contributed by atoms with Gasteiger partial charge in [0.25, 0.3) is 0 Å². The second-order valence-corrected chi connectivity index (χ2v) is 6.93. The predicted octanol–water partition coefficient (Wildman–Crippen LogP) is 2.87. The molecule has 0 saturated carbocycles. The number of aliphatic carboxylic acids is 1. The number of hydrogen-bond acceptors (Lipinski definition) is 5. The van der Waals surface area contributed by atoms with Gasteiger partial charge in [0.15, 0.2) is 0 Å². The van der Waals surface area contributed by atoms with Crippen molar-refractivity contribution < 1.29 is 27.5 Å². The number of hydrogen-bond donors (Lipinski definition) is 1. The lowest BCUT2D eigenvalue weighted by atomic mass is 10.1. The summed E-state index contributed by atoms with van der Waals surface area (Å²) < 4.78 is 48.9. The molecule has 0 bridgehead atoms. The maximum Gasteiger partial charge on any atom is 0.490 e. The van der Waals surface area contributed by atoms with Crippen LogP contribution >= 0.6 is 0 Å². The predicted molar refractivity (Wildman–Crippen MR) is 100 cm³/mol. The molecule has 1 unspecified atom stereocenters. The van der Waals surface area contributed by atoms with E-state index in [2.05, 4.69) is 31.5 Å². The third-order valence-electron chi connectivity index (χ3n) is 4.83. The van der Waals surface area contributed by atoms with Crippen molar-refractivity contribution in [2.75, 3.05) is 6.54 Å². The maximum atomic E-state index is 13.1. The molecule has 12 heteroatoms. The number of imidazole rings is 1. The normalized spacial score (nSPS) is 16.4. The largest absolute Gasteiger partial charge is 0.490 e. The molecule has 3 aromatic rings. The quantitative estimate of drug-likeness (QED) is 0.628. The first-order valence-electron chi connectivity index (χ1n) is 9.30. The molecule has 0 amide bonds. The minimum absolute atomic E-state index is 0.196. The zero-order chi connectivity index (χ0) is 22.6. The van der Waals surface area contributed by atoms with Gasteiger partial charge in [0.05, 0.1) is 24.5 Å². The van der Waals surface area contributed by atoms with Crippen LogP contribution in [0.15, 0.2) is 43.1 Å². The molecular formula is C19H20F4N6O2. The summed E-state index contributed by atoms with van der Waals surface area (Å²) in [5.41, 5.74) is 2.26. The molecule has 1 aliphatic rings. The summed E-state index contributed by atoms with van der Waals surface area (Å²) in [6.07, 6.45) is 0.0997. The Labute approximate surface area is 174 Å². The standard InChI is InChI=1S/C17H19FN6.C2HF3O2/c1-13-17-20-8-16(10-23-12-19-11-21-23)24(17)7-6-22(13)9-14-2-4-15(18)5-3-14;3-2(4,5)1(6)7/h2-5,8,11-13H,6-7,9-10H2,1H3;(H,6,7). The van der Waals surface area contributed by atoms with Gasteiger partial charge in [0.2, 0.25) is 0 Å². The third kappa shape index (κ3) is 5.66. The summed E-state index contributed by atoms with van der Waals surface area (Å²) in [4.78, 5) is 19.9. The van der Waals surface area contributed by atoms with Gasteiger partial charge in [-0.25, -0.2) is 23.8 Å². The van der Waals surface area contributed by atoms with E-state index in [0.29, 0.717) is 6.54 Å². The van der Waals surface area contributed by atoms with Gasteiger partial charge in [0.1, 0.15) is 24.3 Å². The first kappa shape index (κ1) is 22.4. The van der Waals surface area contributed by atoms with Gasteiger partial charge in [-0.2, -0.15) is 18.3 Å². The zero-order valence-corrected chi connectivity index (χ0v) is 16.5. The highest BCUT2D eigenvalue weighted by Gasteiger charge is 2.38. The van der Waals surface area contributed by atoms with Crippen LogP contribution in [0.5, 0.6) is 0 Å². The molecule has 1 aliphatic heterocycles. The van der Waals surface area contributed by atoms with Gasteiger partial charge in [-0.05, 0) is 24.6 Å². The summed E-state index contributed by atoms with van der Waals surface area (Å²) in [5.74, 6) is -1.88. The fourth-order valence-corrected chi connectivity index (χ4v) is 3.25. The van der Waals surface area contributed by atoms with Crippen LogP contribution < -0.4 is 0 Å². The first-order chi connectivity index (χ1) is 14.6. The molecule has 8 nitrogen and oxygen atoms in total. The van der Waals surface area contributed by atoms with Crippen molar-refractivity contribution in [3.8, 4) is 0 Å². The number of halogens is 4. The van der Waals surface area contributed by atoms with Crippen LogP contribution in [0.1, 0.15) is 30.0 Å². The Morgan fingerprint density at radius 3 is 2.45 bits per heavy atom. The van der Waals surface area contributed by atoms with Gasteiger partial charge in [0, 0.05) is 19.6 Å². The van der Waals surface area contributed by atoms with Crippen molar-refractivity contribution in [1.29, 1.82) is 0 Å². The molecule has 4 rings (SSSR count). The highest BCUT2D eigenvalue weighted by Crippen LogP contribution is 2.27. The number of alkyl halides is 3. The molecule has 0 fully saturated rings. The molecule has 0 aliphatic carbocycles. The molecule has 2 aromatic heterocycles. The van der Waals surface area contributed by atoms with Crippen molar-refractivity contribution in [3.05, 3.63) is 66.0 Å². The smallest absolute Gasteiger partial charge is 0.475 e. The number of aromatic nitrogens is 5.